The highest BCUT2D eigenvalue weighted by Gasteiger charge is 2.42. The number of carbonyl (C=O) groups excluding carboxylic acids is 3. The summed E-state index contributed by atoms with van der Waals surface area (Å²) in [6.07, 6.45) is -1.49. The van der Waals surface area contributed by atoms with Gasteiger partial charge < -0.3 is 34.1 Å². The molecule has 2 rings (SSSR count). The van der Waals surface area contributed by atoms with Crippen molar-refractivity contribution in [3.05, 3.63) is 22.8 Å². The van der Waals surface area contributed by atoms with Crippen molar-refractivity contribution < 1.29 is 42.6 Å². The van der Waals surface area contributed by atoms with Crippen molar-refractivity contribution >= 4 is 52.3 Å². The van der Waals surface area contributed by atoms with Gasteiger partial charge in [0, 0.05) is 28.7 Å². The summed E-state index contributed by atoms with van der Waals surface area (Å²) in [7, 11) is -3.58. The molecule has 14 heteroatoms. The number of ether oxygens (including phenoxy) is 2. The van der Waals surface area contributed by atoms with Gasteiger partial charge in [0.25, 0.3) is 0 Å². The Balaban J connectivity index is 2.82. The Labute approximate surface area is 261 Å². The zero-order valence-corrected chi connectivity index (χ0v) is 30.3. The number of carboxylic acid groups (broad SMARTS) is 1. The predicted molar refractivity (Wildman–Crippen MR) is 172 cm³/mol. The average Bonchev–Trinajstić information content (AvgIpc) is 2.85. The van der Waals surface area contributed by atoms with Gasteiger partial charge in [-0.15, -0.1) is 0 Å². The van der Waals surface area contributed by atoms with E-state index < -0.39 is 59.3 Å². The third-order valence-corrected chi connectivity index (χ3v) is 18.2. The Morgan fingerprint density at radius 1 is 1.02 bits per heavy atom. The van der Waals surface area contributed by atoms with Crippen LogP contribution in [0.25, 0.3) is 0 Å². The number of hydrogen-bond acceptors (Lipinski definition) is 9. The molecule has 0 aliphatic carbocycles. The van der Waals surface area contributed by atoms with Crippen LogP contribution in [0.15, 0.2) is 6.07 Å². The van der Waals surface area contributed by atoms with Crippen LogP contribution >= 0.6 is 11.8 Å². The first-order valence-electron chi connectivity index (χ1n) is 14.2. The molecule has 0 radical (unpaired) electrons. The molecule has 1 heterocycles. The van der Waals surface area contributed by atoms with Crippen LogP contribution in [0.5, 0.6) is 11.5 Å². The lowest BCUT2D eigenvalue weighted by Crippen LogP contribution is -2.54. The van der Waals surface area contributed by atoms with Gasteiger partial charge >= 0.3 is 18.0 Å². The molecule has 1 aliphatic rings. The van der Waals surface area contributed by atoms with E-state index in [1.54, 1.807) is 6.92 Å². The fourth-order valence-corrected chi connectivity index (χ4v) is 6.85. The van der Waals surface area contributed by atoms with Crippen molar-refractivity contribution in [1.29, 1.82) is 0 Å². The van der Waals surface area contributed by atoms with Crippen LogP contribution in [0.1, 0.15) is 63.0 Å². The van der Waals surface area contributed by atoms with E-state index in [2.05, 4.69) is 78.4 Å². The highest BCUT2D eigenvalue weighted by Crippen LogP contribution is 2.45. The predicted octanol–water partition coefficient (Wildman–Crippen LogP) is 5.46. The maximum absolute atomic E-state index is 13.8. The lowest BCUT2D eigenvalue weighted by Gasteiger charge is -2.39. The minimum atomic E-state index is -2.42. The molecule has 242 valence electrons. The number of fused-ring (bicyclic) bond motifs is 1. The summed E-state index contributed by atoms with van der Waals surface area (Å²) in [5.41, 5.74) is 1.38. The van der Waals surface area contributed by atoms with Crippen molar-refractivity contribution in [3.8, 4) is 11.5 Å². The van der Waals surface area contributed by atoms with Gasteiger partial charge in [-0.3, -0.25) is 4.79 Å². The Bertz CT molecular complexity index is 1240. The van der Waals surface area contributed by atoms with E-state index in [-0.39, 0.29) is 27.1 Å². The molecule has 11 nitrogen and oxygen atoms in total. The summed E-state index contributed by atoms with van der Waals surface area (Å²) in [6.45, 7) is 22.4. The fraction of sp³-hybridized carbons (Fsp3) is 0.655. The molecule has 0 unspecified atom stereocenters. The van der Waals surface area contributed by atoms with Crippen LogP contribution in [0.4, 0.5) is 4.79 Å². The van der Waals surface area contributed by atoms with Crippen LogP contribution in [0, 0.1) is 6.92 Å². The van der Waals surface area contributed by atoms with E-state index in [1.807, 2.05) is 6.07 Å². The maximum atomic E-state index is 13.8. The van der Waals surface area contributed by atoms with E-state index in [9.17, 15) is 24.3 Å². The molecule has 0 bridgehead atoms. The molecule has 2 atom stereocenters. The Hall–Kier alpha value is -2.72. The van der Waals surface area contributed by atoms with Gasteiger partial charge in [0.05, 0.1) is 12.7 Å². The number of hydrogen-bond donors (Lipinski definition) is 3. The number of thioether (sulfide) groups is 1. The number of rotatable bonds is 6. The number of methoxy groups -OCH3 is 1. The third kappa shape index (κ3) is 8.91. The summed E-state index contributed by atoms with van der Waals surface area (Å²) < 4.78 is 24.0. The van der Waals surface area contributed by atoms with Gasteiger partial charge in [0.2, 0.25) is 22.5 Å². The number of nitrogens with one attached hydrogen (secondary N) is 2. The molecule has 1 aromatic carbocycles. The van der Waals surface area contributed by atoms with Gasteiger partial charge in [0.1, 0.15) is 30.2 Å². The molecule has 0 spiro atoms. The van der Waals surface area contributed by atoms with Crippen LogP contribution in [0.2, 0.25) is 36.3 Å². The minimum absolute atomic E-state index is 0.105. The first-order chi connectivity index (χ1) is 19.5. The molecule has 0 saturated heterocycles. The molecule has 1 aromatic rings. The number of esters is 2. The lowest BCUT2D eigenvalue weighted by atomic mass is 10.0. The molecule has 1 aliphatic heterocycles. The smallest absolute Gasteiger partial charge is 0.405 e. The standard InChI is InChI=1S/C29H48N2O9SSi2/c1-17-21(39-42(9,10)28(2,3)4)13-22(40-43(11,12)29(5,6)7)18-15-41-16-20(25(33)37-8)30-24(32)19(31-27(35)36)14-38-26(34)23(17)18/h13,19-20,31H,14-16H2,1-12H3,(H,30,32)(H,35,36)/t19-,20+/m1/s1. The minimum Gasteiger partial charge on any atom is -0.543 e. The molecular weight excluding hydrogens is 609 g/mol. The molecule has 0 saturated carbocycles. The largest absolute Gasteiger partial charge is 0.543 e. The van der Waals surface area contributed by atoms with Gasteiger partial charge in [0.15, 0.2) is 0 Å². The lowest BCUT2D eigenvalue weighted by molar-refractivity contribution is -0.144. The summed E-state index contributed by atoms with van der Waals surface area (Å²) in [5, 5.41) is 13.6. The highest BCUT2D eigenvalue weighted by atomic mass is 32.2. The second kappa shape index (κ2) is 13.5. The van der Waals surface area contributed by atoms with E-state index in [1.165, 1.54) is 18.9 Å². The Morgan fingerprint density at radius 2 is 1.56 bits per heavy atom. The van der Waals surface area contributed by atoms with Gasteiger partial charge in [-0.1, -0.05) is 41.5 Å². The highest BCUT2D eigenvalue weighted by molar-refractivity contribution is 7.98. The first kappa shape index (κ1) is 36.5. The molecule has 43 heavy (non-hydrogen) atoms. The molecule has 0 aromatic heterocycles. The monoisotopic (exact) mass is 656 g/mol. The van der Waals surface area contributed by atoms with Crippen molar-refractivity contribution in [2.75, 3.05) is 19.5 Å². The number of cyclic esters (lactones) is 1. The number of benzene rings is 1. The quantitative estimate of drug-likeness (QED) is 0.266. The third-order valence-electron chi connectivity index (χ3n) is 8.48. The van der Waals surface area contributed by atoms with Gasteiger partial charge in [-0.2, -0.15) is 11.8 Å². The number of amides is 2. The maximum Gasteiger partial charge on any atom is 0.405 e. The van der Waals surface area contributed by atoms with Gasteiger partial charge in [-0.05, 0) is 43.2 Å². The number of carbonyl (C=O) groups is 4. The van der Waals surface area contributed by atoms with Crippen LogP contribution in [-0.2, 0) is 24.8 Å². The van der Waals surface area contributed by atoms with Crippen molar-refractivity contribution in [2.24, 2.45) is 0 Å². The normalized spacial score (nSPS) is 19.1. The summed E-state index contributed by atoms with van der Waals surface area (Å²) in [5.74, 6) is -0.857. The van der Waals surface area contributed by atoms with Crippen molar-refractivity contribution in [3.63, 3.8) is 0 Å². The van der Waals surface area contributed by atoms with Crippen LogP contribution in [-0.4, -0.2) is 77.2 Å². The second-order valence-corrected chi connectivity index (χ2v) is 24.3. The Morgan fingerprint density at radius 3 is 2.05 bits per heavy atom. The zero-order chi connectivity index (χ0) is 33.1. The van der Waals surface area contributed by atoms with E-state index in [0.717, 1.165) is 0 Å². The van der Waals surface area contributed by atoms with Crippen molar-refractivity contribution in [2.45, 2.75) is 103 Å². The average molecular weight is 657 g/mol. The molecular formula is C29H48N2O9SSi2. The zero-order valence-electron chi connectivity index (χ0n) is 27.5. The second-order valence-electron chi connectivity index (χ2n) is 13.8. The molecule has 2 amide bonds. The Kier molecular flexibility index (Phi) is 11.5. The van der Waals surface area contributed by atoms with Gasteiger partial charge in [-0.25, -0.2) is 14.4 Å². The molecule has 3 N–H and O–H groups in total. The fourth-order valence-electron chi connectivity index (χ4n) is 3.68. The SMILES string of the molecule is COC(=O)[C@@H]1CSCc2c(O[Si](C)(C)C(C)(C)C)cc(O[Si](C)(C)C(C)(C)C)c(C)c2C(=O)OC[C@@H](NC(=O)O)C(=O)N1. The van der Waals surface area contributed by atoms with E-state index in [0.29, 0.717) is 22.6 Å². The van der Waals surface area contributed by atoms with E-state index >= 15 is 0 Å². The topological polar surface area (TPSA) is 149 Å². The van der Waals surface area contributed by atoms with E-state index in [4.69, 9.17) is 18.3 Å². The summed E-state index contributed by atoms with van der Waals surface area (Å²) in [6, 6.07) is -0.661. The van der Waals surface area contributed by atoms with Crippen LogP contribution < -0.4 is 19.5 Å². The first-order valence-corrected chi connectivity index (χ1v) is 21.2. The summed E-state index contributed by atoms with van der Waals surface area (Å²) in [4.78, 5) is 50.8. The summed E-state index contributed by atoms with van der Waals surface area (Å²) >= 11 is 1.30. The van der Waals surface area contributed by atoms with Crippen LogP contribution in [0.3, 0.4) is 0 Å². The molecule has 0 fully saturated rings. The van der Waals surface area contributed by atoms with Crippen molar-refractivity contribution in [1.82, 2.24) is 10.6 Å².